The summed E-state index contributed by atoms with van der Waals surface area (Å²) in [5, 5.41) is 0. The first-order chi connectivity index (χ1) is 12.3. The summed E-state index contributed by atoms with van der Waals surface area (Å²) in [4.78, 5) is 2.40. The summed E-state index contributed by atoms with van der Waals surface area (Å²) in [6.45, 7) is 7.64. The molecule has 3 nitrogen and oxygen atoms in total. The van der Waals surface area contributed by atoms with Crippen LogP contribution in [0.1, 0.15) is 23.6 Å². The Morgan fingerprint density at radius 3 is 2.64 bits per heavy atom. The van der Waals surface area contributed by atoms with Crippen molar-refractivity contribution in [3.8, 4) is 5.75 Å². The molecule has 0 spiro atoms. The number of morpholine rings is 1. The van der Waals surface area contributed by atoms with Crippen LogP contribution in [0.3, 0.4) is 0 Å². The molecule has 1 aliphatic carbocycles. The zero-order valence-corrected chi connectivity index (χ0v) is 14.8. The molecule has 0 radical (unpaired) electrons. The monoisotopic (exact) mass is 335 g/mol. The van der Waals surface area contributed by atoms with E-state index in [0.717, 1.165) is 51.6 Å². The molecule has 0 bridgehead atoms. The van der Waals surface area contributed by atoms with Gasteiger partial charge < -0.3 is 9.47 Å². The van der Waals surface area contributed by atoms with Crippen molar-refractivity contribution < 1.29 is 9.47 Å². The van der Waals surface area contributed by atoms with E-state index in [9.17, 15) is 0 Å². The molecule has 0 atom stereocenters. The van der Waals surface area contributed by atoms with Gasteiger partial charge in [-0.05, 0) is 47.7 Å². The zero-order chi connectivity index (χ0) is 17.1. The Morgan fingerprint density at radius 2 is 1.84 bits per heavy atom. The van der Waals surface area contributed by atoms with E-state index >= 15 is 0 Å². The topological polar surface area (TPSA) is 21.7 Å². The third-order valence-electron chi connectivity index (χ3n) is 5.07. The predicted molar refractivity (Wildman–Crippen MR) is 101 cm³/mol. The minimum absolute atomic E-state index is 0.733. The van der Waals surface area contributed by atoms with Gasteiger partial charge in [0.2, 0.25) is 0 Å². The number of ether oxygens (including phenoxy) is 2. The maximum absolute atomic E-state index is 6.01. The summed E-state index contributed by atoms with van der Waals surface area (Å²) in [6.07, 6.45) is 1.01. The van der Waals surface area contributed by atoms with Crippen LogP contribution in [0, 0.1) is 0 Å². The van der Waals surface area contributed by atoms with Gasteiger partial charge in [-0.1, -0.05) is 42.0 Å². The van der Waals surface area contributed by atoms with Crippen molar-refractivity contribution in [2.75, 3.05) is 39.5 Å². The first kappa shape index (κ1) is 16.4. The summed E-state index contributed by atoms with van der Waals surface area (Å²) < 4.78 is 11.4. The Balaban J connectivity index is 1.43. The van der Waals surface area contributed by atoms with Crippen molar-refractivity contribution in [3.05, 3.63) is 70.8 Å². The number of nitrogens with zero attached hydrogens (tertiary/aromatic N) is 1. The van der Waals surface area contributed by atoms with Crippen LogP contribution in [0.2, 0.25) is 0 Å². The molecule has 2 aromatic carbocycles. The first-order valence-corrected chi connectivity index (χ1v) is 9.12. The van der Waals surface area contributed by atoms with E-state index in [-0.39, 0.29) is 0 Å². The largest absolute Gasteiger partial charge is 0.492 e. The molecule has 130 valence electrons. The number of benzene rings is 2. The quantitative estimate of drug-likeness (QED) is 0.830. The smallest absolute Gasteiger partial charge is 0.119 e. The van der Waals surface area contributed by atoms with Crippen molar-refractivity contribution >= 4 is 5.57 Å². The predicted octanol–water partition coefficient (Wildman–Crippen LogP) is 3.78. The maximum Gasteiger partial charge on any atom is 0.119 e. The van der Waals surface area contributed by atoms with Crippen LogP contribution in [-0.2, 0) is 11.2 Å². The average Bonchev–Trinajstić information content (AvgIpc) is 2.98. The lowest BCUT2D eigenvalue weighted by Gasteiger charge is -2.26. The summed E-state index contributed by atoms with van der Waals surface area (Å²) >= 11 is 0. The lowest BCUT2D eigenvalue weighted by atomic mass is 9.98. The number of hydrogen-bond donors (Lipinski definition) is 0. The highest BCUT2D eigenvalue weighted by atomic mass is 16.5. The molecule has 0 saturated carbocycles. The summed E-state index contributed by atoms with van der Waals surface area (Å²) in [5.41, 5.74) is 6.85. The van der Waals surface area contributed by atoms with Crippen LogP contribution in [0.25, 0.3) is 5.57 Å². The van der Waals surface area contributed by atoms with E-state index < -0.39 is 0 Å². The molecule has 25 heavy (non-hydrogen) atoms. The zero-order valence-electron chi connectivity index (χ0n) is 14.8. The second kappa shape index (κ2) is 7.42. The van der Waals surface area contributed by atoms with E-state index in [2.05, 4.69) is 60.4 Å². The van der Waals surface area contributed by atoms with Crippen molar-refractivity contribution in [1.82, 2.24) is 4.90 Å². The Bertz CT molecular complexity index is 761. The summed E-state index contributed by atoms with van der Waals surface area (Å²) in [5.74, 6) is 0.981. The van der Waals surface area contributed by atoms with Crippen LogP contribution in [0.5, 0.6) is 5.75 Å². The number of fused-ring (bicyclic) bond motifs is 1. The van der Waals surface area contributed by atoms with Gasteiger partial charge >= 0.3 is 0 Å². The Hall–Kier alpha value is -2.10. The third kappa shape index (κ3) is 3.63. The van der Waals surface area contributed by atoms with Gasteiger partial charge in [-0.3, -0.25) is 4.90 Å². The molecule has 0 N–H and O–H groups in total. The fourth-order valence-electron chi connectivity index (χ4n) is 3.78. The van der Waals surface area contributed by atoms with E-state index in [4.69, 9.17) is 9.47 Å². The van der Waals surface area contributed by atoms with E-state index in [0.29, 0.717) is 0 Å². The van der Waals surface area contributed by atoms with Crippen LogP contribution in [0.15, 0.2) is 54.1 Å². The molecule has 3 heteroatoms. The van der Waals surface area contributed by atoms with E-state index in [1.54, 1.807) is 0 Å². The van der Waals surface area contributed by atoms with Gasteiger partial charge in [-0.15, -0.1) is 0 Å². The minimum Gasteiger partial charge on any atom is -0.492 e. The van der Waals surface area contributed by atoms with Crippen molar-refractivity contribution in [1.29, 1.82) is 0 Å². The maximum atomic E-state index is 6.01. The van der Waals surface area contributed by atoms with Gasteiger partial charge in [0.05, 0.1) is 13.2 Å². The molecule has 0 aromatic heterocycles. The van der Waals surface area contributed by atoms with E-state index in [1.807, 2.05) is 0 Å². The molecule has 2 aromatic rings. The van der Waals surface area contributed by atoms with Gasteiger partial charge in [0.25, 0.3) is 0 Å². The fourth-order valence-corrected chi connectivity index (χ4v) is 3.78. The van der Waals surface area contributed by atoms with Crippen molar-refractivity contribution in [3.63, 3.8) is 0 Å². The molecule has 0 amide bonds. The Labute approximate surface area is 149 Å². The molecule has 1 aliphatic heterocycles. The van der Waals surface area contributed by atoms with Gasteiger partial charge in [0, 0.05) is 19.6 Å². The van der Waals surface area contributed by atoms with E-state index in [1.165, 1.54) is 27.8 Å². The molecule has 1 saturated heterocycles. The van der Waals surface area contributed by atoms with Gasteiger partial charge in [0.15, 0.2) is 0 Å². The summed E-state index contributed by atoms with van der Waals surface area (Å²) in [7, 11) is 0. The Morgan fingerprint density at radius 1 is 1.04 bits per heavy atom. The Kier molecular flexibility index (Phi) is 4.86. The van der Waals surface area contributed by atoms with Crippen LogP contribution >= 0.6 is 0 Å². The molecular weight excluding hydrogens is 310 g/mol. The molecule has 2 aliphatic rings. The van der Waals surface area contributed by atoms with Crippen molar-refractivity contribution in [2.45, 2.75) is 13.3 Å². The molecular formula is C22H25NO2. The second-order valence-corrected chi connectivity index (χ2v) is 6.82. The molecule has 1 fully saturated rings. The number of hydrogen-bond acceptors (Lipinski definition) is 3. The average molecular weight is 335 g/mol. The van der Waals surface area contributed by atoms with Crippen LogP contribution in [0.4, 0.5) is 0 Å². The minimum atomic E-state index is 0.733. The fraction of sp³-hybridized carbons (Fsp3) is 0.364. The van der Waals surface area contributed by atoms with Crippen molar-refractivity contribution in [2.24, 2.45) is 0 Å². The lowest BCUT2D eigenvalue weighted by Crippen LogP contribution is -2.38. The lowest BCUT2D eigenvalue weighted by molar-refractivity contribution is 0.0322. The highest BCUT2D eigenvalue weighted by Crippen LogP contribution is 2.38. The van der Waals surface area contributed by atoms with Gasteiger partial charge in [-0.25, -0.2) is 0 Å². The molecule has 4 rings (SSSR count). The number of allylic oxidation sites excluding steroid dienone is 1. The molecule has 1 heterocycles. The highest BCUT2D eigenvalue weighted by molar-refractivity contribution is 5.87. The SMILES string of the molecule is CC1=C(c2ccccc2)c2ccc(OCCN3CCOCC3)cc2C1. The van der Waals surface area contributed by atoms with Gasteiger partial charge in [0.1, 0.15) is 12.4 Å². The normalized spacial score (nSPS) is 17.6. The number of rotatable bonds is 5. The standard InChI is InChI=1S/C22H25NO2/c1-17-15-19-16-20(25-14-11-23-9-12-24-13-10-23)7-8-21(19)22(17)18-5-3-2-4-6-18/h2-8,16H,9-15H2,1H3. The van der Waals surface area contributed by atoms with Crippen LogP contribution < -0.4 is 4.74 Å². The second-order valence-electron chi connectivity index (χ2n) is 6.82. The third-order valence-corrected chi connectivity index (χ3v) is 5.07. The highest BCUT2D eigenvalue weighted by Gasteiger charge is 2.20. The van der Waals surface area contributed by atoms with Crippen LogP contribution in [-0.4, -0.2) is 44.4 Å². The molecule has 0 unspecified atom stereocenters. The summed E-state index contributed by atoms with van der Waals surface area (Å²) in [6, 6.07) is 17.2. The van der Waals surface area contributed by atoms with Gasteiger partial charge in [-0.2, -0.15) is 0 Å². The first-order valence-electron chi connectivity index (χ1n) is 9.12.